The molecular weight excluding hydrogens is 310 g/mol. The van der Waals surface area contributed by atoms with Crippen molar-refractivity contribution in [1.82, 2.24) is 14.3 Å². The van der Waals surface area contributed by atoms with Gasteiger partial charge < -0.3 is 15.5 Å². The van der Waals surface area contributed by atoms with Crippen LogP contribution in [0.25, 0.3) is 0 Å². The van der Waals surface area contributed by atoms with Crippen molar-refractivity contribution in [2.45, 2.75) is 19.8 Å². The zero-order chi connectivity index (χ0) is 16.2. The van der Waals surface area contributed by atoms with Crippen molar-refractivity contribution in [3.63, 3.8) is 0 Å². The molecule has 1 aliphatic rings. The van der Waals surface area contributed by atoms with Crippen LogP contribution in [0.3, 0.4) is 0 Å². The molecular formula is C16H21N5OS. The Kier molecular flexibility index (Phi) is 4.76. The van der Waals surface area contributed by atoms with Gasteiger partial charge in [0.1, 0.15) is 5.82 Å². The molecule has 6 nitrogen and oxygen atoms in total. The summed E-state index contributed by atoms with van der Waals surface area (Å²) in [6.07, 6.45) is 1.29. The summed E-state index contributed by atoms with van der Waals surface area (Å²) in [6.45, 7) is 5.14. The molecule has 0 aliphatic carbocycles. The average Bonchev–Trinajstić information content (AvgIpc) is 3.06. The minimum Gasteiger partial charge on any atom is -0.399 e. The Morgan fingerprint density at radius 3 is 2.52 bits per heavy atom. The van der Waals surface area contributed by atoms with Crippen LogP contribution in [0.15, 0.2) is 24.3 Å². The maximum Gasteiger partial charge on any atom is 0.227 e. The Labute approximate surface area is 140 Å². The topological polar surface area (TPSA) is 75.4 Å². The molecule has 0 spiro atoms. The number of anilines is 2. The minimum atomic E-state index is 0.168. The lowest BCUT2D eigenvalue weighted by atomic mass is 10.1. The Bertz CT molecular complexity index is 661. The van der Waals surface area contributed by atoms with Gasteiger partial charge in [-0.15, -0.1) is 0 Å². The van der Waals surface area contributed by atoms with Gasteiger partial charge in [-0.25, -0.2) is 4.98 Å². The van der Waals surface area contributed by atoms with Crippen molar-refractivity contribution >= 4 is 28.3 Å². The second kappa shape index (κ2) is 6.95. The molecule has 1 aromatic carbocycles. The van der Waals surface area contributed by atoms with Gasteiger partial charge in [0.25, 0.3) is 0 Å². The monoisotopic (exact) mass is 331 g/mol. The van der Waals surface area contributed by atoms with Crippen molar-refractivity contribution in [3.05, 3.63) is 35.7 Å². The van der Waals surface area contributed by atoms with E-state index in [9.17, 15) is 4.79 Å². The predicted octanol–water partition coefficient (Wildman–Crippen LogP) is 1.57. The zero-order valence-corrected chi connectivity index (χ0v) is 14.1. The lowest BCUT2D eigenvalue weighted by Gasteiger charge is -2.34. The molecule has 1 fully saturated rings. The van der Waals surface area contributed by atoms with Gasteiger partial charge in [-0.2, -0.15) is 4.37 Å². The summed E-state index contributed by atoms with van der Waals surface area (Å²) in [5, 5.41) is 0.965. The number of aromatic nitrogens is 2. The third-order valence-corrected chi connectivity index (χ3v) is 4.83. The summed E-state index contributed by atoms with van der Waals surface area (Å²) < 4.78 is 4.33. The van der Waals surface area contributed by atoms with Gasteiger partial charge in [-0.05, 0) is 17.7 Å². The first kappa shape index (κ1) is 15.7. The van der Waals surface area contributed by atoms with E-state index in [2.05, 4.69) is 21.2 Å². The molecule has 23 heavy (non-hydrogen) atoms. The Morgan fingerprint density at radius 2 is 1.91 bits per heavy atom. The Hall–Kier alpha value is -2.15. The smallest absolute Gasteiger partial charge is 0.227 e. The van der Waals surface area contributed by atoms with Gasteiger partial charge in [0, 0.05) is 49.8 Å². The second-order valence-corrected chi connectivity index (χ2v) is 6.36. The molecule has 1 aromatic heterocycles. The first-order chi connectivity index (χ1) is 11.2. The molecule has 2 aromatic rings. The first-order valence-electron chi connectivity index (χ1n) is 7.85. The molecule has 0 atom stereocenters. The molecule has 2 N–H and O–H groups in total. The highest BCUT2D eigenvalue weighted by Gasteiger charge is 2.23. The van der Waals surface area contributed by atoms with Crippen LogP contribution >= 0.6 is 11.5 Å². The number of rotatable bonds is 4. The van der Waals surface area contributed by atoms with E-state index in [0.717, 1.165) is 54.8 Å². The maximum absolute atomic E-state index is 12.4. The number of amides is 1. The average molecular weight is 331 g/mol. The van der Waals surface area contributed by atoms with Crippen LogP contribution in [0.1, 0.15) is 18.3 Å². The number of carbonyl (C=O) groups excluding carboxylic acids is 1. The van der Waals surface area contributed by atoms with E-state index in [1.165, 1.54) is 11.5 Å². The number of hydrogen-bond donors (Lipinski definition) is 1. The summed E-state index contributed by atoms with van der Waals surface area (Å²) in [5.41, 5.74) is 7.40. The van der Waals surface area contributed by atoms with Crippen molar-refractivity contribution in [1.29, 1.82) is 0 Å². The normalized spacial score (nSPS) is 15.0. The van der Waals surface area contributed by atoms with Crippen molar-refractivity contribution < 1.29 is 4.79 Å². The van der Waals surface area contributed by atoms with Crippen LogP contribution in [0.4, 0.5) is 10.8 Å². The van der Waals surface area contributed by atoms with Gasteiger partial charge in [0.05, 0.1) is 6.42 Å². The summed E-state index contributed by atoms with van der Waals surface area (Å²) in [5.74, 6) is 1.06. The first-order valence-corrected chi connectivity index (χ1v) is 8.62. The van der Waals surface area contributed by atoms with Gasteiger partial charge in [0.15, 0.2) is 0 Å². The summed E-state index contributed by atoms with van der Waals surface area (Å²) in [4.78, 5) is 21.1. The lowest BCUT2D eigenvalue weighted by molar-refractivity contribution is -0.130. The van der Waals surface area contributed by atoms with Crippen LogP contribution in [-0.2, 0) is 17.6 Å². The fourth-order valence-corrected chi connectivity index (χ4v) is 3.39. The second-order valence-electron chi connectivity index (χ2n) is 5.63. The molecule has 0 unspecified atom stereocenters. The van der Waals surface area contributed by atoms with Gasteiger partial charge in [0.2, 0.25) is 11.0 Å². The molecule has 0 radical (unpaired) electrons. The lowest BCUT2D eigenvalue weighted by Crippen LogP contribution is -2.49. The molecule has 1 saturated heterocycles. The quantitative estimate of drug-likeness (QED) is 0.861. The third kappa shape index (κ3) is 3.79. The molecule has 3 rings (SSSR count). The summed E-state index contributed by atoms with van der Waals surface area (Å²) in [6, 6.07) is 7.50. The third-order valence-electron chi connectivity index (χ3n) is 4.01. The van der Waals surface area contributed by atoms with E-state index in [1.807, 2.05) is 29.2 Å². The number of piperazine rings is 1. The van der Waals surface area contributed by atoms with Crippen LogP contribution in [-0.4, -0.2) is 46.3 Å². The van der Waals surface area contributed by atoms with Crippen molar-refractivity contribution in [2.75, 3.05) is 36.8 Å². The van der Waals surface area contributed by atoms with Crippen LogP contribution in [0.2, 0.25) is 0 Å². The summed E-state index contributed by atoms with van der Waals surface area (Å²) in [7, 11) is 0. The fourth-order valence-electron chi connectivity index (χ4n) is 2.59. The van der Waals surface area contributed by atoms with Crippen LogP contribution in [0.5, 0.6) is 0 Å². The van der Waals surface area contributed by atoms with Gasteiger partial charge in [-0.1, -0.05) is 19.1 Å². The van der Waals surface area contributed by atoms with E-state index >= 15 is 0 Å². The van der Waals surface area contributed by atoms with E-state index in [-0.39, 0.29) is 5.91 Å². The predicted molar refractivity (Wildman–Crippen MR) is 92.6 cm³/mol. The van der Waals surface area contributed by atoms with Crippen molar-refractivity contribution in [3.8, 4) is 0 Å². The fraction of sp³-hybridized carbons (Fsp3) is 0.438. The van der Waals surface area contributed by atoms with Crippen LogP contribution in [0, 0.1) is 0 Å². The highest BCUT2D eigenvalue weighted by molar-refractivity contribution is 7.09. The minimum absolute atomic E-state index is 0.168. The van der Waals surface area contributed by atoms with E-state index < -0.39 is 0 Å². The molecule has 0 bridgehead atoms. The SMILES string of the molecule is CCc1nsc(N2CCN(C(=O)Cc3ccc(N)cc3)CC2)n1. The molecule has 0 saturated carbocycles. The highest BCUT2D eigenvalue weighted by atomic mass is 32.1. The van der Waals surface area contributed by atoms with E-state index in [4.69, 9.17) is 5.73 Å². The molecule has 7 heteroatoms. The molecule has 1 aliphatic heterocycles. The number of hydrogen-bond acceptors (Lipinski definition) is 6. The van der Waals surface area contributed by atoms with Gasteiger partial charge in [-0.3, -0.25) is 4.79 Å². The number of nitrogens with two attached hydrogens (primary N) is 1. The number of aryl methyl sites for hydroxylation is 1. The summed E-state index contributed by atoms with van der Waals surface area (Å²) >= 11 is 1.44. The van der Waals surface area contributed by atoms with E-state index in [0.29, 0.717) is 6.42 Å². The molecule has 1 amide bonds. The van der Waals surface area contributed by atoms with Crippen LogP contribution < -0.4 is 10.6 Å². The molecule has 122 valence electrons. The number of nitrogens with zero attached hydrogens (tertiary/aromatic N) is 4. The standard InChI is InChI=1S/C16H21N5OS/c1-2-14-18-16(23-19-14)21-9-7-20(8-10-21)15(22)11-12-3-5-13(17)6-4-12/h3-6H,2,7-11,17H2,1H3. The molecule has 2 heterocycles. The van der Waals surface area contributed by atoms with Gasteiger partial charge >= 0.3 is 0 Å². The maximum atomic E-state index is 12.4. The largest absolute Gasteiger partial charge is 0.399 e. The van der Waals surface area contributed by atoms with E-state index in [1.54, 1.807) is 0 Å². The van der Waals surface area contributed by atoms with Crippen molar-refractivity contribution in [2.24, 2.45) is 0 Å². The number of benzene rings is 1. The Morgan fingerprint density at radius 1 is 1.22 bits per heavy atom. The highest BCUT2D eigenvalue weighted by Crippen LogP contribution is 2.19. The Balaban J connectivity index is 1.53. The zero-order valence-electron chi connectivity index (χ0n) is 13.2. The number of carbonyl (C=O) groups is 1. The number of nitrogen functional groups attached to an aromatic ring is 1.